The van der Waals surface area contributed by atoms with Gasteiger partial charge in [-0.2, -0.15) is 5.10 Å². The van der Waals surface area contributed by atoms with E-state index in [2.05, 4.69) is 82.9 Å². The van der Waals surface area contributed by atoms with Gasteiger partial charge in [-0.05, 0) is 93.6 Å². The van der Waals surface area contributed by atoms with Crippen LogP contribution in [0.2, 0.25) is 0 Å². The third-order valence-corrected chi connectivity index (χ3v) is 5.61. The van der Waals surface area contributed by atoms with E-state index in [0.717, 1.165) is 28.5 Å². The van der Waals surface area contributed by atoms with Crippen LogP contribution in [0.1, 0.15) is 11.1 Å². The zero-order valence-electron chi connectivity index (χ0n) is 13.6. The number of carbonyl (C=O) groups is 1. The number of amides is 2. The predicted molar refractivity (Wildman–Crippen MR) is 125 cm³/mol. The minimum absolute atomic E-state index is 0.219. The molecule has 0 aliphatic rings. The Balaban J connectivity index is 1.98. The first-order valence-corrected chi connectivity index (χ1v) is 10.3. The summed E-state index contributed by atoms with van der Waals surface area (Å²) in [6.45, 7) is 2.17. The van der Waals surface area contributed by atoms with Gasteiger partial charge in [0.2, 0.25) is 0 Å². The molecule has 0 atom stereocenters. The van der Waals surface area contributed by atoms with Gasteiger partial charge in [-0.15, -0.1) is 6.42 Å². The van der Waals surface area contributed by atoms with E-state index in [1.165, 1.54) is 0 Å². The molecule has 0 aliphatic carbocycles. The lowest BCUT2D eigenvalue weighted by Gasteiger charge is -2.09. The molecule has 0 aromatic heterocycles. The van der Waals surface area contributed by atoms with E-state index in [-0.39, 0.29) is 6.61 Å². The first kappa shape index (κ1) is 21.0. The number of urea groups is 1. The first-order valence-electron chi connectivity index (χ1n) is 7.32. The van der Waals surface area contributed by atoms with Crippen molar-refractivity contribution in [2.75, 3.05) is 11.9 Å². The van der Waals surface area contributed by atoms with Crippen LogP contribution in [0.5, 0.6) is 5.75 Å². The van der Waals surface area contributed by atoms with Crippen molar-refractivity contribution in [1.82, 2.24) is 5.43 Å². The zero-order valence-corrected chi connectivity index (χ0v) is 19.5. The van der Waals surface area contributed by atoms with Crippen LogP contribution in [0.15, 0.2) is 39.9 Å². The van der Waals surface area contributed by atoms with Crippen LogP contribution in [0, 0.1) is 26.4 Å². The molecule has 0 aliphatic heterocycles. The molecule has 0 heterocycles. The summed E-state index contributed by atoms with van der Waals surface area (Å²) >= 11 is 7.77. The number of benzene rings is 2. The molecule has 2 aromatic carbocycles. The van der Waals surface area contributed by atoms with Crippen LogP contribution in [0.3, 0.4) is 0 Å². The lowest BCUT2D eigenvalue weighted by molar-refractivity contribution is 0.252. The van der Waals surface area contributed by atoms with Crippen molar-refractivity contribution in [3.8, 4) is 18.1 Å². The van der Waals surface area contributed by atoms with E-state index in [1.807, 2.05) is 31.2 Å². The van der Waals surface area contributed by atoms with E-state index in [1.54, 1.807) is 12.3 Å². The van der Waals surface area contributed by atoms with Crippen LogP contribution >= 0.6 is 61.1 Å². The molecule has 2 N–H and O–H groups in total. The minimum Gasteiger partial charge on any atom is -0.479 e. The smallest absolute Gasteiger partial charge is 0.339 e. The quantitative estimate of drug-likeness (QED) is 0.207. The summed E-state index contributed by atoms with van der Waals surface area (Å²) in [6, 6.07) is 8.93. The Kier molecular flexibility index (Phi) is 8.17. The van der Waals surface area contributed by atoms with E-state index < -0.39 is 6.03 Å². The highest BCUT2D eigenvalue weighted by molar-refractivity contribution is 14.1. The topological polar surface area (TPSA) is 62.7 Å². The molecule has 8 heteroatoms. The fourth-order valence-corrected chi connectivity index (χ4v) is 4.33. The van der Waals surface area contributed by atoms with Gasteiger partial charge in [-0.3, -0.25) is 0 Å². The van der Waals surface area contributed by atoms with Crippen LogP contribution in [-0.2, 0) is 0 Å². The second-order valence-electron chi connectivity index (χ2n) is 5.09. The molecule has 5 nitrogen and oxygen atoms in total. The second kappa shape index (κ2) is 10.1. The Bertz CT molecular complexity index is 871. The summed E-state index contributed by atoms with van der Waals surface area (Å²) in [4.78, 5) is 11.9. The van der Waals surface area contributed by atoms with Gasteiger partial charge in [0.25, 0.3) is 0 Å². The van der Waals surface area contributed by atoms with Gasteiger partial charge < -0.3 is 10.1 Å². The highest BCUT2D eigenvalue weighted by Crippen LogP contribution is 2.28. The highest BCUT2D eigenvalue weighted by atomic mass is 127. The Morgan fingerprint density at radius 3 is 2.65 bits per heavy atom. The molecule has 2 amide bonds. The molecule has 134 valence electrons. The standard InChI is InChI=1S/C18H14BrI2N3O2/c1-3-6-26-17-15(20)8-12(9-16(17)21)10-22-24-18(25)23-13-4-5-14(19)11(2)7-13/h1,4-5,7-10H,6H2,2H3,(H2,23,24,25)/b22-10+. The molecular weight excluding hydrogens is 624 g/mol. The number of nitrogens with zero attached hydrogens (tertiary/aromatic N) is 1. The van der Waals surface area contributed by atoms with Gasteiger partial charge >= 0.3 is 6.03 Å². The highest BCUT2D eigenvalue weighted by Gasteiger charge is 2.08. The van der Waals surface area contributed by atoms with E-state index in [9.17, 15) is 4.79 Å². The fraction of sp³-hybridized carbons (Fsp3) is 0.111. The maximum absolute atomic E-state index is 11.9. The molecule has 0 saturated heterocycles. The van der Waals surface area contributed by atoms with Gasteiger partial charge in [-0.25, -0.2) is 10.2 Å². The maximum Gasteiger partial charge on any atom is 0.339 e. The van der Waals surface area contributed by atoms with Crippen LogP contribution in [-0.4, -0.2) is 18.9 Å². The molecule has 0 saturated carbocycles. The number of halogens is 3. The summed E-state index contributed by atoms with van der Waals surface area (Å²) in [5, 5.41) is 6.70. The number of nitrogens with one attached hydrogen (secondary N) is 2. The Hall–Kier alpha value is -1.32. The summed E-state index contributed by atoms with van der Waals surface area (Å²) in [5.74, 6) is 3.19. The number of terminal acetylenes is 1. The van der Waals surface area contributed by atoms with E-state index >= 15 is 0 Å². The number of hydrazone groups is 1. The molecule has 0 fully saturated rings. The number of aryl methyl sites for hydroxylation is 1. The number of carbonyl (C=O) groups excluding carboxylic acids is 1. The fourth-order valence-electron chi connectivity index (χ4n) is 1.95. The SMILES string of the molecule is C#CCOc1c(I)cc(/C=N/NC(=O)Nc2ccc(Br)c(C)c2)cc1I. The van der Waals surface area contributed by atoms with Crippen LogP contribution in [0.4, 0.5) is 10.5 Å². The summed E-state index contributed by atoms with van der Waals surface area (Å²) < 4.78 is 8.34. The molecule has 0 radical (unpaired) electrons. The molecule has 0 bridgehead atoms. The molecule has 0 spiro atoms. The monoisotopic (exact) mass is 637 g/mol. The lowest BCUT2D eigenvalue weighted by Crippen LogP contribution is -2.24. The molecule has 26 heavy (non-hydrogen) atoms. The zero-order chi connectivity index (χ0) is 19.1. The molecule has 2 rings (SSSR count). The van der Waals surface area contributed by atoms with Gasteiger partial charge in [0.05, 0.1) is 13.4 Å². The Labute approximate surface area is 187 Å². The van der Waals surface area contributed by atoms with E-state index in [0.29, 0.717) is 5.69 Å². The van der Waals surface area contributed by atoms with Gasteiger partial charge in [0.15, 0.2) is 0 Å². The van der Waals surface area contributed by atoms with Crippen LogP contribution < -0.4 is 15.5 Å². The van der Waals surface area contributed by atoms with Crippen molar-refractivity contribution in [3.63, 3.8) is 0 Å². The van der Waals surface area contributed by atoms with Crippen LogP contribution in [0.25, 0.3) is 0 Å². The van der Waals surface area contributed by atoms with Crippen molar-refractivity contribution in [1.29, 1.82) is 0 Å². The van der Waals surface area contributed by atoms with Crippen molar-refractivity contribution < 1.29 is 9.53 Å². The van der Waals surface area contributed by atoms with Gasteiger partial charge in [0.1, 0.15) is 12.4 Å². The number of hydrogen-bond donors (Lipinski definition) is 2. The third-order valence-electron chi connectivity index (χ3n) is 3.12. The summed E-state index contributed by atoms with van der Waals surface area (Å²) in [5.41, 5.74) is 5.01. The van der Waals surface area contributed by atoms with Gasteiger partial charge in [0, 0.05) is 10.2 Å². The minimum atomic E-state index is -0.415. The average Bonchev–Trinajstić information content (AvgIpc) is 2.57. The second-order valence-corrected chi connectivity index (χ2v) is 8.27. The number of rotatable bonds is 5. The van der Waals surface area contributed by atoms with E-state index in [4.69, 9.17) is 11.2 Å². The summed E-state index contributed by atoms with van der Waals surface area (Å²) in [6.07, 6.45) is 6.79. The lowest BCUT2D eigenvalue weighted by atomic mass is 10.2. The van der Waals surface area contributed by atoms with Crippen molar-refractivity contribution in [2.24, 2.45) is 5.10 Å². The number of anilines is 1. The van der Waals surface area contributed by atoms with Crippen molar-refractivity contribution in [2.45, 2.75) is 6.92 Å². The molecular formula is C18H14BrI2N3O2. The Morgan fingerprint density at radius 2 is 2.04 bits per heavy atom. The average molecular weight is 638 g/mol. The molecule has 0 unspecified atom stereocenters. The third kappa shape index (κ3) is 6.14. The number of hydrogen-bond acceptors (Lipinski definition) is 3. The van der Waals surface area contributed by atoms with Crippen molar-refractivity contribution in [3.05, 3.63) is 53.1 Å². The maximum atomic E-state index is 11.9. The summed E-state index contributed by atoms with van der Waals surface area (Å²) in [7, 11) is 0. The molecule has 2 aromatic rings. The van der Waals surface area contributed by atoms with Crippen molar-refractivity contribution >= 4 is 79.0 Å². The Morgan fingerprint density at radius 1 is 1.35 bits per heavy atom. The van der Waals surface area contributed by atoms with Gasteiger partial charge in [-0.1, -0.05) is 21.9 Å². The largest absolute Gasteiger partial charge is 0.479 e. The predicted octanol–water partition coefficient (Wildman–Crippen LogP) is 5.13. The normalized spacial score (nSPS) is 10.4. The first-order chi connectivity index (χ1) is 12.4. The number of ether oxygens (including phenoxy) is 1.